The van der Waals surface area contributed by atoms with Crippen LogP contribution in [-0.4, -0.2) is 22.7 Å². The highest BCUT2D eigenvalue weighted by molar-refractivity contribution is 8.08. The molecule has 0 bridgehead atoms. The fourth-order valence-corrected chi connectivity index (χ4v) is 4.31. The Bertz CT molecular complexity index is 417. The Kier molecular flexibility index (Phi) is 4.55. The van der Waals surface area contributed by atoms with Crippen molar-refractivity contribution in [1.29, 1.82) is 0 Å². The van der Waals surface area contributed by atoms with Crippen molar-refractivity contribution in [1.82, 2.24) is 4.67 Å². The zero-order chi connectivity index (χ0) is 12.5. The van der Waals surface area contributed by atoms with E-state index in [0.717, 1.165) is 10.6 Å². The molecule has 0 aliphatic heterocycles. The van der Waals surface area contributed by atoms with Gasteiger partial charge in [0.05, 0.1) is 0 Å². The van der Waals surface area contributed by atoms with E-state index in [0.29, 0.717) is 0 Å². The lowest BCUT2D eigenvalue weighted by molar-refractivity contribution is 0.344. The first-order valence-corrected chi connectivity index (χ1v) is 8.56. The standard InChI is InChI=1S/C10H18NO2PS2/c1-7(2)11(5)14(12,15)13-10-9(4)8(3)6-16-10/h6-7H,1-5H3,(H,12,15). The summed E-state index contributed by atoms with van der Waals surface area (Å²) in [7, 11) is 1.79. The molecule has 1 atom stereocenters. The van der Waals surface area contributed by atoms with E-state index in [1.165, 1.54) is 16.9 Å². The minimum Gasteiger partial charge on any atom is -0.422 e. The van der Waals surface area contributed by atoms with Gasteiger partial charge in [-0.15, -0.1) is 11.3 Å². The number of hydrogen-bond acceptors (Lipinski definition) is 3. The van der Waals surface area contributed by atoms with E-state index in [1.54, 1.807) is 11.7 Å². The first-order valence-electron chi connectivity index (χ1n) is 5.06. The second-order valence-corrected chi connectivity index (χ2v) is 8.14. The van der Waals surface area contributed by atoms with Gasteiger partial charge in [-0.1, -0.05) is 0 Å². The van der Waals surface area contributed by atoms with Crippen LogP contribution in [0.25, 0.3) is 0 Å². The summed E-state index contributed by atoms with van der Waals surface area (Å²) < 4.78 is 7.32. The van der Waals surface area contributed by atoms with Crippen molar-refractivity contribution in [2.24, 2.45) is 0 Å². The Hall–Kier alpha value is 0.0700. The summed E-state index contributed by atoms with van der Waals surface area (Å²) in [5, 5.41) is 2.74. The van der Waals surface area contributed by atoms with Crippen LogP contribution in [0, 0.1) is 13.8 Å². The van der Waals surface area contributed by atoms with Crippen molar-refractivity contribution in [2.45, 2.75) is 33.7 Å². The van der Waals surface area contributed by atoms with Crippen molar-refractivity contribution in [3.63, 3.8) is 0 Å². The molecule has 3 nitrogen and oxygen atoms in total. The van der Waals surface area contributed by atoms with Gasteiger partial charge in [0, 0.05) is 11.6 Å². The summed E-state index contributed by atoms with van der Waals surface area (Å²) in [5.41, 5.74) is 2.23. The second-order valence-electron chi connectivity index (χ2n) is 4.08. The molecule has 0 spiro atoms. The molecule has 0 saturated carbocycles. The summed E-state index contributed by atoms with van der Waals surface area (Å²) in [6.07, 6.45) is 0. The molecule has 1 rings (SSSR count). The number of thiophene rings is 1. The minimum atomic E-state index is -2.90. The third-order valence-corrected chi connectivity index (χ3v) is 6.46. The third kappa shape index (κ3) is 3.05. The molecule has 0 aliphatic carbocycles. The number of rotatable bonds is 4. The van der Waals surface area contributed by atoms with Crippen LogP contribution in [0.1, 0.15) is 25.0 Å². The van der Waals surface area contributed by atoms with Crippen LogP contribution >= 0.6 is 18.0 Å². The van der Waals surface area contributed by atoms with E-state index in [1.807, 2.05) is 33.1 Å². The predicted octanol–water partition coefficient (Wildman–Crippen LogP) is 3.30. The fourth-order valence-electron chi connectivity index (χ4n) is 1.03. The van der Waals surface area contributed by atoms with E-state index < -0.39 is 6.64 Å². The maximum absolute atomic E-state index is 10.2. The summed E-state index contributed by atoms with van der Waals surface area (Å²) in [6.45, 7) is 5.06. The molecule has 0 amide bonds. The number of nitrogens with zero attached hydrogens (tertiary/aromatic N) is 1. The van der Waals surface area contributed by atoms with Gasteiger partial charge in [-0.05, 0) is 57.5 Å². The average molecular weight is 279 g/mol. The maximum Gasteiger partial charge on any atom is 0.313 e. The molecule has 1 aromatic rings. The van der Waals surface area contributed by atoms with Crippen molar-refractivity contribution >= 4 is 29.8 Å². The Morgan fingerprint density at radius 1 is 1.50 bits per heavy atom. The monoisotopic (exact) mass is 279 g/mol. The molecule has 0 fully saturated rings. The Morgan fingerprint density at radius 3 is 2.44 bits per heavy atom. The topological polar surface area (TPSA) is 32.7 Å². The quantitative estimate of drug-likeness (QED) is 0.857. The molecule has 1 N–H and O–H groups in total. The van der Waals surface area contributed by atoms with Gasteiger partial charge in [0.25, 0.3) is 0 Å². The Balaban J connectivity index is 2.89. The normalized spacial score (nSPS) is 15.5. The van der Waals surface area contributed by atoms with Crippen LogP contribution in [0.2, 0.25) is 0 Å². The molecule has 0 radical (unpaired) electrons. The lowest BCUT2D eigenvalue weighted by Crippen LogP contribution is -2.25. The molecular formula is C10H18NO2PS2. The molecule has 1 heterocycles. The average Bonchev–Trinajstić information content (AvgIpc) is 2.48. The molecule has 0 aromatic carbocycles. The molecule has 1 unspecified atom stereocenters. The highest BCUT2D eigenvalue weighted by Gasteiger charge is 2.26. The Labute approximate surface area is 106 Å². The van der Waals surface area contributed by atoms with Crippen LogP contribution < -0.4 is 4.52 Å². The lowest BCUT2D eigenvalue weighted by Gasteiger charge is -2.29. The molecule has 1 aromatic heterocycles. The van der Waals surface area contributed by atoms with Gasteiger partial charge >= 0.3 is 6.64 Å². The molecule has 0 saturated heterocycles. The van der Waals surface area contributed by atoms with Gasteiger partial charge in [-0.3, -0.25) is 0 Å². The Morgan fingerprint density at radius 2 is 2.06 bits per heavy atom. The molecule has 92 valence electrons. The van der Waals surface area contributed by atoms with Crippen LogP contribution in [0.5, 0.6) is 5.06 Å². The molecule has 6 heteroatoms. The zero-order valence-corrected chi connectivity index (χ0v) is 12.7. The first kappa shape index (κ1) is 14.1. The summed E-state index contributed by atoms with van der Waals surface area (Å²) in [6, 6.07) is 0.164. The highest BCUT2D eigenvalue weighted by Crippen LogP contribution is 2.49. The van der Waals surface area contributed by atoms with Gasteiger partial charge in [0.2, 0.25) is 0 Å². The largest absolute Gasteiger partial charge is 0.422 e. The van der Waals surface area contributed by atoms with E-state index in [-0.39, 0.29) is 6.04 Å². The van der Waals surface area contributed by atoms with Crippen molar-refractivity contribution in [2.75, 3.05) is 7.05 Å². The van der Waals surface area contributed by atoms with E-state index >= 15 is 0 Å². The van der Waals surface area contributed by atoms with Gasteiger partial charge < -0.3 is 9.42 Å². The van der Waals surface area contributed by atoms with Gasteiger partial charge in [-0.2, -0.15) is 0 Å². The summed E-state index contributed by atoms with van der Waals surface area (Å²) >= 11 is 6.65. The molecular weight excluding hydrogens is 261 g/mol. The molecule has 16 heavy (non-hydrogen) atoms. The zero-order valence-electron chi connectivity index (χ0n) is 10.2. The van der Waals surface area contributed by atoms with E-state index in [9.17, 15) is 4.89 Å². The summed E-state index contributed by atoms with van der Waals surface area (Å²) in [4.78, 5) is 10.2. The smallest absolute Gasteiger partial charge is 0.313 e. The van der Waals surface area contributed by atoms with Crippen LogP contribution in [-0.2, 0) is 11.8 Å². The van der Waals surface area contributed by atoms with E-state index in [4.69, 9.17) is 16.3 Å². The number of aryl methyl sites for hydroxylation is 1. The SMILES string of the molecule is Cc1csc(OP(O)(=S)N(C)C(C)C)c1C. The third-order valence-electron chi connectivity index (χ3n) is 2.59. The lowest BCUT2D eigenvalue weighted by atomic mass is 10.2. The minimum absolute atomic E-state index is 0.164. The van der Waals surface area contributed by atoms with Crippen LogP contribution in [0.3, 0.4) is 0 Å². The second kappa shape index (κ2) is 5.15. The highest BCUT2D eigenvalue weighted by atomic mass is 32.5. The molecule has 0 aliphatic rings. The fraction of sp³-hybridized carbons (Fsp3) is 0.600. The van der Waals surface area contributed by atoms with Crippen molar-refractivity contribution in [3.05, 3.63) is 16.5 Å². The van der Waals surface area contributed by atoms with Gasteiger partial charge in [0.1, 0.15) is 0 Å². The van der Waals surface area contributed by atoms with E-state index in [2.05, 4.69) is 0 Å². The number of hydrogen-bond donors (Lipinski definition) is 1. The summed E-state index contributed by atoms with van der Waals surface area (Å²) in [5.74, 6) is 0. The van der Waals surface area contributed by atoms with Gasteiger partial charge in [0.15, 0.2) is 5.06 Å². The first-order chi connectivity index (χ1) is 7.25. The predicted molar refractivity (Wildman–Crippen MR) is 73.8 cm³/mol. The van der Waals surface area contributed by atoms with Crippen molar-refractivity contribution < 1.29 is 9.42 Å². The van der Waals surface area contributed by atoms with Crippen molar-refractivity contribution in [3.8, 4) is 5.06 Å². The maximum atomic E-state index is 10.2. The van der Waals surface area contributed by atoms with Crippen LogP contribution in [0.15, 0.2) is 5.38 Å². The van der Waals surface area contributed by atoms with Crippen LogP contribution in [0.4, 0.5) is 0 Å². The van der Waals surface area contributed by atoms with Gasteiger partial charge in [-0.25, -0.2) is 4.67 Å².